The van der Waals surface area contributed by atoms with Crippen molar-refractivity contribution in [3.05, 3.63) is 70.3 Å². The average molecular weight is 729 g/mol. The molecule has 0 radical (unpaired) electrons. The molecule has 50 heavy (non-hydrogen) atoms. The number of ether oxygens (including phenoxy) is 2. The van der Waals surface area contributed by atoms with E-state index in [1.807, 2.05) is 22.9 Å². The van der Waals surface area contributed by atoms with E-state index in [2.05, 4.69) is 17.1 Å². The van der Waals surface area contributed by atoms with Crippen molar-refractivity contribution in [1.82, 2.24) is 13.9 Å². The second-order valence-electron chi connectivity index (χ2n) is 14.3. The zero-order valence-corrected chi connectivity index (χ0v) is 30.7. The van der Waals surface area contributed by atoms with Crippen molar-refractivity contribution in [2.24, 2.45) is 11.8 Å². The summed E-state index contributed by atoms with van der Waals surface area (Å²) in [6, 6.07) is 10.7. The van der Waals surface area contributed by atoms with Crippen molar-refractivity contribution in [2.75, 3.05) is 45.7 Å². The quantitative estimate of drug-likeness (QED) is 0.439. The molecule has 5 atom stereocenters. The molecular weight excluding hydrogens is 680 g/mol. The number of hydrogen-bond donors (Lipinski definition) is 2. The Morgan fingerprint density at radius 3 is 2.64 bits per heavy atom. The molecule has 0 spiro atoms. The van der Waals surface area contributed by atoms with Gasteiger partial charge in [0, 0.05) is 51.9 Å². The number of nitrogens with one attached hydrogen (secondary N) is 1. The van der Waals surface area contributed by atoms with Gasteiger partial charge in [0.15, 0.2) is 5.60 Å². The summed E-state index contributed by atoms with van der Waals surface area (Å²) in [7, 11) is 0.0456. The van der Waals surface area contributed by atoms with Crippen LogP contribution in [-0.4, -0.2) is 87.5 Å². The van der Waals surface area contributed by atoms with Crippen molar-refractivity contribution in [2.45, 2.75) is 82.1 Å². The summed E-state index contributed by atoms with van der Waals surface area (Å²) in [5.74, 6) is -0.414. The highest BCUT2D eigenvalue weighted by Crippen LogP contribution is 2.43. The Kier molecular flexibility index (Phi) is 11.1. The van der Waals surface area contributed by atoms with Gasteiger partial charge in [0.2, 0.25) is 5.91 Å². The van der Waals surface area contributed by atoms with E-state index in [9.17, 15) is 23.1 Å². The van der Waals surface area contributed by atoms with Crippen LogP contribution in [0.1, 0.15) is 68.1 Å². The van der Waals surface area contributed by atoms with E-state index in [1.165, 1.54) is 14.1 Å². The van der Waals surface area contributed by atoms with Gasteiger partial charge < -0.3 is 24.4 Å². The van der Waals surface area contributed by atoms with Crippen LogP contribution in [0.15, 0.2) is 48.6 Å². The van der Waals surface area contributed by atoms with Gasteiger partial charge in [-0.15, -0.1) is 0 Å². The average Bonchev–Trinajstić information content (AvgIpc) is 3.53. The third kappa shape index (κ3) is 7.69. The van der Waals surface area contributed by atoms with Gasteiger partial charge in [0.25, 0.3) is 5.91 Å². The maximum atomic E-state index is 14.0. The highest BCUT2D eigenvalue weighted by Gasteiger charge is 2.45. The Morgan fingerprint density at radius 1 is 1.08 bits per heavy atom. The molecule has 2 amide bonds. The molecule has 2 aromatic carbocycles. The van der Waals surface area contributed by atoms with Crippen LogP contribution in [0, 0.1) is 11.8 Å². The van der Waals surface area contributed by atoms with Gasteiger partial charge in [-0.05, 0) is 104 Å². The Bertz CT molecular complexity index is 1720. The van der Waals surface area contributed by atoms with Gasteiger partial charge >= 0.3 is 10.2 Å². The molecule has 2 N–H and O–H groups in total. The molecule has 1 aliphatic carbocycles. The molecule has 0 aromatic heterocycles. The number of anilines is 1. The highest BCUT2D eigenvalue weighted by molar-refractivity contribution is 7.87. The van der Waals surface area contributed by atoms with Gasteiger partial charge in [-0.1, -0.05) is 35.9 Å². The van der Waals surface area contributed by atoms with Crippen LogP contribution in [0.3, 0.4) is 0 Å². The second-order valence-corrected chi connectivity index (χ2v) is 16.6. The minimum atomic E-state index is -4.28. The second kappa shape index (κ2) is 15.2. The van der Waals surface area contributed by atoms with Crippen molar-refractivity contribution < 1.29 is 32.6 Å². The maximum Gasteiger partial charge on any atom is 0.303 e. The van der Waals surface area contributed by atoms with Gasteiger partial charge in [-0.3, -0.25) is 9.59 Å². The topological polar surface area (TPSA) is 129 Å². The zero-order chi connectivity index (χ0) is 35.6. The van der Waals surface area contributed by atoms with E-state index in [0.29, 0.717) is 54.4 Å². The smallest absolute Gasteiger partial charge is 0.303 e. The fraction of sp³-hybridized carbons (Fsp3) is 0.568. The summed E-state index contributed by atoms with van der Waals surface area (Å²) in [6.45, 7) is 2.16. The van der Waals surface area contributed by atoms with Gasteiger partial charge in [0.05, 0.1) is 18.2 Å². The molecule has 3 aliphatic heterocycles. The van der Waals surface area contributed by atoms with Gasteiger partial charge in [0.1, 0.15) is 12.4 Å². The predicted molar refractivity (Wildman–Crippen MR) is 192 cm³/mol. The number of aryl methyl sites for hydroxylation is 1. The molecule has 1 saturated heterocycles. The van der Waals surface area contributed by atoms with Crippen molar-refractivity contribution in [1.29, 1.82) is 0 Å². The summed E-state index contributed by atoms with van der Waals surface area (Å²) < 4.78 is 41.1. The molecular formula is C37H49ClN4O7S. The molecule has 2 aromatic rings. The molecule has 13 heteroatoms. The Morgan fingerprint density at radius 2 is 1.90 bits per heavy atom. The Hall–Kier alpha value is -3.16. The number of aliphatic hydroxyl groups is 1. The van der Waals surface area contributed by atoms with Crippen LogP contribution in [0.25, 0.3) is 0 Å². The van der Waals surface area contributed by atoms with Crippen LogP contribution in [-0.2, 0) is 43.2 Å². The van der Waals surface area contributed by atoms with E-state index in [0.717, 1.165) is 60.4 Å². The van der Waals surface area contributed by atoms with Crippen LogP contribution in [0.2, 0.25) is 5.02 Å². The maximum absolute atomic E-state index is 14.0. The number of hydrogen-bond acceptors (Lipinski definition) is 8. The van der Waals surface area contributed by atoms with Crippen LogP contribution in [0.5, 0.6) is 5.75 Å². The van der Waals surface area contributed by atoms with E-state index in [1.54, 1.807) is 30.2 Å². The number of methoxy groups -OCH3 is 1. The molecule has 6 rings (SSSR count). The van der Waals surface area contributed by atoms with Crippen molar-refractivity contribution >= 4 is 39.3 Å². The normalized spacial score (nSPS) is 28.3. The molecule has 1 saturated carbocycles. The lowest BCUT2D eigenvalue weighted by molar-refractivity contribution is -0.149. The minimum absolute atomic E-state index is 0.0510. The number of halogens is 1. The zero-order valence-electron chi connectivity index (χ0n) is 29.1. The monoisotopic (exact) mass is 728 g/mol. The number of benzene rings is 2. The first-order valence-corrected chi connectivity index (χ1v) is 19.5. The Labute approximate surface area is 300 Å². The number of amides is 2. The lowest BCUT2D eigenvalue weighted by Gasteiger charge is -2.44. The van der Waals surface area contributed by atoms with Crippen molar-refractivity contribution in [3.8, 4) is 5.75 Å². The number of nitrogens with zero attached hydrogens (tertiary/aromatic N) is 3. The molecule has 11 nitrogen and oxygen atoms in total. The van der Waals surface area contributed by atoms with E-state index >= 15 is 0 Å². The minimum Gasteiger partial charge on any atom is -0.487 e. The van der Waals surface area contributed by atoms with E-state index in [4.69, 9.17) is 21.1 Å². The molecule has 2 fully saturated rings. The van der Waals surface area contributed by atoms with Crippen LogP contribution >= 0.6 is 11.6 Å². The summed E-state index contributed by atoms with van der Waals surface area (Å²) >= 11 is 6.37. The molecule has 0 unspecified atom stereocenters. The molecule has 4 aliphatic rings. The SMILES string of the molecule is CO[C@H]1/C=C/C[C@@H]2CCCN2C(=O)C[C@@](O)(C(=O)NS(=O)(=O)N(C)C)c2ccc3c(c2)N(CCCCc2cc(Cl)ccc2CO3)C[C@@H]2CC[C@H]21. The Balaban J connectivity index is 1.47. The van der Waals surface area contributed by atoms with Crippen LogP contribution in [0.4, 0.5) is 5.69 Å². The number of rotatable bonds is 4. The summed E-state index contributed by atoms with van der Waals surface area (Å²) in [5, 5.41) is 13.0. The van der Waals surface area contributed by atoms with Crippen LogP contribution < -0.4 is 14.4 Å². The fourth-order valence-electron chi connectivity index (χ4n) is 7.83. The lowest BCUT2D eigenvalue weighted by atomic mass is 9.70. The van der Waals surface area contributed by atoms with Crippen molar-refractivity contribution in [3.63, 3.8) is 0 Å². The highest BCUT2D eigenvalue weighted by atomic mass is 35.5. The molecule has 272 valence electrons. The van der Waals surface area contributed by atoms with Gasteiger partial charge in [-0.2, -0.15) is 12.7 Å². The fourth-order valence-corrected chi connectivity index (χ4v) is 8.61. The molecule has 3 heterocycles. The number of fused-ring (bicyclic) bond motifs is 4. The summed E-state index contributed by atoms with van der Waals surface area (Å²) in [5.41, 5.74) is 0.466. The largest absolute Gasteiger partial charge is 0.487 e. The van der Waals surface area contributed by atoms with E-state index < -0.39 is 34.0 Å². The third-order valence-corrected chi connectivity index (χ3v) is 12.6. The standard InChI is InChI=1S/C37H49ClN4O7S/c1-40(2)50(46,47)39-36(44)37(45)22-35(43)42-19-7-10-30(42)9-6-11-33(48-3)31-16-13-26(31)23-41-18-5-4-8-25-20-29(38)15-12-27(25)24-49-34-17-14-28(37)21-32(34)41/h6,11-12,14-15,17,20-21,26,30-31,33,45H,4-5,7-10,13,16,18-19,22-24H2,1-3H3,(H,39,44)/b11-6+/t26-,30+,31+,33-,37-/m0/s1. The first-order valence-electron chi connectivity index (χ1n) is 17.6. The first-order chi connectivity index (χ1) is 23.9. The first kappa shape index (κ1) is 36.6. The van der Waals surface area contributed by atoms with E-state index in [-0.39, 0.29) is 24.3 Å². The van der Waals surface area contributed by atoms with Gasteiger partial charge in [-0.25, -0.2) is 4.72 Å². The predicted octanol–water partition coefficient (Wildman–Crippen LogP) is 4.55. The third-order valence-electron chi connectivity index (χ3n) is 11.0. The lowest BCUT2D eigenvalue weighted by Crippen LogP contribution is -2.52. The number of carbonyl (C=O) groups is 2. The molecule has 2 bridgehead atoms. The summed E-state index contributed by atoms with van der Waals surface area (Å²) in [4.78, 5) is 32.0. The summed E-state index contributed by atoms with van der Waals surface area (Å²) in [6.07, 6.45) is 10.5. The number of carbonyl (C=O) groups excluding carboxylic acids is 2.